The highest BCUT2D eigenvalue weighted by molar-refractivity contribution is 9.10. The molecule has 3 nitrogen and oxygen atoms in total. The SMILES string of the molecule is Nc1cccc(C(=O)OCc2ccccc2Br)c1. The first kappa shape index (κ1) is 12.6. The summed E-state index contributed by atoms with van der Waals surface area (Å²) in [5.41, 5.74) is 7.55. The fourth-order valence-corrected chi connectivity index (χ4v) is 1.91. The van der Waals surface area contributed by atoms with Crippen molar-refractivity contribution in [2.24, 2.45) is 0 Å². The molecule has 0 amide bonds. The summed E-state index contributed by atoms with van der Waals surface area (Å²) in [6.07, 6.45) is 0. The van der Waals surface area contributed by atoms with Gasteiger partial charge in [0.1, 0.15) is 6.61 Å². The Labute approximate surface area is 114 Å². The summed E-state index contributed by atoms with van der Waals surface area (Å²) in [5.74, 6) is -0.377. The summed E-state index contributed by atoms with van der Waals surface area (Å²) in [5, 5.41) is 0. The Balaban J connectivity index is 2.03. The average molecular weight is 306 g/mol. The Morgan fingerprint density at radius 2 is 1.94 bits per heavy atom. The zero-order chi connectivity index (χ0) is 13.0. The van der Waals surface area contributed by atoms with Gasteiger partial charge in [-0.05, 0) is 24.3 Å². The molecule has 2 rings (SSSR count). The predicted octanol–water partition coefficient (Wildman–Crippen LogP) is 3.39. The molecule has 0 saturated carbocycles. The van der Waals surface area contributed by atoms with Crippen LogP contribution in [0.2, 0.25) is 0 Å². The van der Waals surface area contributed by atoms with Crippen LogP contribution in [-0.2, 0) is 11.3 Å². The fourth-order valence-electron chi connectivity index (χ4n) is 1.51. The highest BCUT2D eigenvalue weighted by Crippen LogP contribution is 2.17. The van der Waals surface area contributed by atoms with Crippen LogP contribution < -0.4 is 5.73 Å². The molecule has 0 spiro atoms. The van der Waals surface area contributed by atoms with Crippen LogP contribution in [0.4, 0.5) is 5.69 Å². The monoisotopic (exact) mass is 305 g/mol. The van der Waals surface area contributed by atoms with E-state index in [9.17, 15) is 4.79 Å². The van der Waals surface area contributed by atoms with Gasteiger partial charge in [-0.3, -0.25) is 0 Å². The summed E-state index contributed by atoms with van der Waals surface area (Å²) in [4.78, 5) is 11.8. The minimum atomic E-state index is -0.377. The maximum atomic E-state index is 11.8. The lowest BCUT2D eigenvalue weighted by molar-refractivity contribution is 0.0472. The molecule has 4 heteroatoms. The number of hydrogen-bond acceptors (Lipinski definition) is 3. The third-order valence-corrected chi connectivity index (χ3v) is 3.21. The number of hydrogen-bond donors (Lipinski definition) is 1. The zero-order valence-corrected chi connectivity index (χ0v) is 11.2. The lowest BCUT2D eigenvalue weighted by Gasteiger charge is -2.07. The Hall–Kier alpha value is -1.81. The van der Waals surface area contributed by atoms with Crippen molar-refractivity contribution in [1.29, 1.82) is 0 Å². The molecule has 92 valence electrons. The van der Waals surface area contributed by atoms with Crippen molar-refractivity contribution >= 4 is 27.6 Å². The molecule has 0 heterocycles. The molecular weight excluding hydrogens is 294 g/mol. The van der Waals surface area contributed by atoms with Crippen LogP contribution in [0.5, 0.6) is 0 Å². The van der Waals surface area contributed by atoms with Gasteiger partial charge in [-0.25, -0.2) is 4.79 Å². The van der Waals surface area contributed by atoms with E-state index < -0.39 is 0 Å². The first-order valence-electron chi connectivity index (χ1n) is 5.43. The van der Waals surface area contributed by atoms with Gasteiger partial charge in [0, 0.05) is 15.7 Å². The summed E-state index contributed by atoms with van der Waals surface area (Å²) in [7, 11) is 0. The lowest BCUT2D eigenvalue weighted by atomic mass is 10.2. The molecule has 0 fully saturated rings. The molecule has 0 radical (unpaired) electrons. The number of halogens is 1. The van der Waals surface area contributed by atoms with Gasteiger partial charge in [-0.2, -0.15) is 0 Å². The van der Waals surface area contributed by atoms with Crippen molar-refractivity contribution in [3.05, 3.63) is 64.1 Å². The van der Waals surface area contributed by atoms with E-state index >= 15 is 0 Å². The third-order valence-electron chi connectivity index (χ3n) is 2.44. The van der Waals surface area contributed by atoms with Crippen LogP contribution in [0.1, 0.15) is 15.9 Å². The van der Waals surface area contributed by atoms with Crippen LogP contribution in [0.25, 0.3) is 0 Å². The summed E-state index contributed by atoms with van der Waals surface area (Å²) < 4.78 is 6.15. The number of carbonyl (C=O) groups is 1. The predicted molar refractivity (Wildman–Crippen MR) is 74.1 cm³/mol. The van der Waals surface area contributed by atoms with Crippen LogP contribution in [-0.4, -0.2) is 5.97 Å². The molecule has 0 bridgehead atoms. The van der Waals surface area contributed by atoms with Gasteiger partial charge in [-0.15, -0.1) is 0 Å². The van der Waals surface area contributed by atoms with Crippen LogP contribution in [0.3, 0.4) is 0 Å². The molecule has 0 atom stereocenters. The molecule has 2 aromatic rings. The molecule has 0 aliphatic heterocycles. The third kappa shape index (κ3) is 3.11. The van der Waals surface area contributed by atoms with Crippen molar-refractivity contribution in [3.63, 3.8) is 0 Å². The van der Waals surface area contributed by atoms with Crippen molar-refractivity contribution in [2.75, 3.05) is 5.73 Å². The zero-order valence-electron chi connectivity index (χ0n) is 9.60. The minimum absolute atomic E-state index is 0.231. The molecule has 0 saturated heterocycles. The topological polar surface area (TPSA) is 52.3 Å². The number of nitrogens with two attached hydrogens (primary N) is 1. The molecule has 0 unspecified atom stereocenters. The number of benzene rings is 2. The van der Waals surface area contributed by atoms with E-state index in [0.717, 1.165) is 10.0 Å². The summed E-state index contributed by atoms with van der Waals surface area (Å²) in [6, 6.07) is 14.3. The Morgan fingerprint density at radius 1 is 1.17 bits per heavy atom. The fraction of sp³-hybridized carbons (Fsp3) is 0.0714. The Morgan fingerprint density at radius 3 is 2.67 bits per heavy atom. The van der Waals surface area contributed by atoms with Gasteiger partial charge in [-0.1, -0.05) is 40.2 Å². The second-order valence-electron chi connectivity index (χ2n) is 3.79. The minimum Gasteiger partial charge on any atom is -0.457 e. The highest BCUT2D eigenvalue weighted by atomic mass is 79.9. The number of rotatable bonds is 3. The second-order valence-corrected chi connectivity index (χ2v) is 4.65. The van der Waals surface area contributed by atoms with E-state index in [-0.39, 0.29) is 12.6 Å². The molecule has 0 aliphatic rings. The van der Waals surface area contributed by atoms with E-state index in [1.165, 1.54) is 0 Å². The van der Waals surface area contributed by atoms with E-state index in [2.05, 4.69) is 15.9 Å². The van der Waals surface area contributed by atoms with E-state index in [1.54, 1.807) is 24.3 Å². The lowest BCUT2D eigenvalue weighted by Crippen LogP contribution is -2.06. The van der Waals surface area contributed by atoms with E-state index in [0.29, 0.717) is 11.3 Å². The van der Waals surface area contributed by atoms with Crippen LogP contribution in [0.15, 0.2) is 53.0 Å². The summed E-state index contributed by atoms with van der Waals surface area (Å²) >= 11 is 3.40. The molecule has 18 heavy (non-hydrogen) atoms. The molecule has 0 aromatic heterocycles. The molecular formula is C14H12BrNO2. The number of carbonyl (C=O) groups excluding carboxylic acids is 1. The quantitative estimate of drug-likeness (QED) is 0.698. The van der Waals surface area contributed by atoms with Crippen LogP contribution >= 0.6 is 15.9 Å². The van der Waals surface area contributed by atoms with Gasteiger partial charge in [0.2, 0.25) is 0 Å². The molecule has 2 N–H and O–H groups in total. The molecule has 0 aliphatic carbocycles. The van der Waals surface area contributed by atoms with E-state index in [1.807, 2.05) is 24.3 Å². The normalized spacial score (nSPS) is 10.1. The van der Waals surface area contributed by atoms with E-state index in [4.69, 9.17) is 10.5 Å². The average Bonchev–Trinajstić information content (AvgIpc) is 2.37. The number of anilines is 1. The number of esters is 1. The van der Waals surface area contributed by atoms with Crippen molar-refractivity contribution < 1.29 is 9.53 Å². The first-order chi connectivity index (χ1) is 8.66. The maximum absolute atomic E-state index is 11.8. The summed E-state index contributed by atoms with van der Waals surface area (Å²) in [6.45, 7) is 0.231. The highest BCUT2D eigenvalue weighted by Gasteiger charge is 2.08. The standard InChI is InChI=1S/C14H12BrNO2/c15-13-7-2-1-4-11(13)9-18-14(17)10-5-3-6-12(16)8-10/h1-8H,9,16H2. The second kappa shape index (κ2) is 5.69. The smallest absolute Gasteiger partial charge is 0.338 e. The van der Waals surface area contributed by atoms with Crippen LogP contribution in [0, 0.1) is 0 Å². The van der Waals surface area contributed by atoms with Gasteiger partial charge >= 0.3 is 5.97 Å². The van der Waals surface area contributed by atoms with Crippen molar-refractivity contribution in [1.82, 2.24) is 0 Å². The first-order valence-corrected chi connectivity index (χ1v) is 6.22. The number of nitrogen functional groups attached to an aromatic ring is 1. The molecule has 2 aromatic carbocycles. The Bertz CT molecular complexity index is 569. The van der Waals surface area contributed by atoms with Gasteiger partial charge in [0.05, 0.1) is 5.56 Å². The van der Waals surface area contributed by atoms with Crippen molar-refractivity contribution in [3.8, 4) is 0 Å². The largest absolute Gasteiger partial charge is 0.457 e. The maximum Gasteiger partial charge on any atom is 0.338 e. The van der Waals surface area contributed by atoms with Gasteiger partial charge in [0.25, 0.3) is 0 Å². The Kier molecular flexibility index (Phi) is 3.99. The number of ether oxygens (including phenoxy) is 1. The van der Waals surface area contributed by atoms with Gasteiger partial charge < -0.3 is 10.5 Å². The van der Waals surface area contributed by atoms with Crippen molar-refractivity contribution in [2.45, 2.75) is 6.61 Å². The van der Waals surface area contributed by atoms with Gasteiger partial charge in [0.15, 0.2) is 0 Å².